The van der Waals surface area contributed by atoms with Crippen molar-refractivity contribution in [1.82, 2.24) is 15.5 Å². The van der Waals surface area contributed by atoms with Crippen LogP contribution in [0.25, 0.3) is 0 Å². The Balaban J connectivity index is 1.67. The molecule has 4 nitrogen and oxygen atoms in total. The van der Waals surface area contributed by atoms with E-state index >= 15 is 0 Å². The van der Waals surface area contributed by atoms with Crippen molar-refractivity contribution < 1.29 is 0 Å². The predicted molar refractivity (Wildman–Crippen MR) is 90.8 cm³/mol. The summed E-state index contributed by atoms with van der Waals surface area (Å²) in [6.45, 7) is 11.2. The molecule has 0 amide bonds. The SMILES string of the molecule is CCNC(=NCC1(CC)CCC1)NCCCN1CCCC1. The van der Waals surface area contributed by atoms with Crippen molar-refractivity contribution in [3.63, 3.8) is 0 Å². The van der Waals surface area contributed by atoms with Gasteiger partial charge in [0.15, 0.2) is 5.96 Å². The van der Waals surface area contributed by atoms with Crippen molar-refractivity contribution in [2.24, 2.45) is 10.4 Å². The van der Waals surface area contributed by atoms with E-state index in [1.165, 1.54) is 64.6 Å². The summed E-state index contributed by atoms with van der Waals surface area (Å²) in [5, 5.41) is 6.88. The summed E-state index contributed by atoms with van der Waals surface area (Å²) < 4.78 is 0. The summed E-state index contributed by atoms with van der Waals surface area (Å²) in [6, 6.07) is 0. The molecule has 2 fully saturated rings. The molecule has 1 heterocycles. The molecule has 0 unspecified atom stereocenters. The van der Waals surface area contributed by atoms with Crippen molar-refractivity contribution in [1.29, 1.82) is 0 Å². The van der Waals surface area contributed by atoms with Gasteiger partial charge in [-0.15, -0.1) is 0 Å². The van der Waals surface area contributed by atoms with Crippen LogP contribution in [0.5, 0.6) is 0 Å². The van der Waals surface area contributed by atoms with Gasteiger partial charge in [-0.3, -0.25) is 4.99 Å². The third-order valence-electron chi connectivity index (χ3n) is 5.22. The highest BCUT2D eigenvalue weighted by Gasteiger charge is 2.34. The first kappa shape index (κ1) is 16.6. The lowest BCUT2D eigenvalue weighted by Crippen LogP contribution is -2.40. The number of likely N-dealkylation sites (tertiary alicyclic amines) is 1. The summed E-state index contributed by atoms with van der Waals surface area (Å²) >= 11 is 0. The van der Waals surface area contributed by atoms with Gasteiger partial charge in [0, 0.05) is 19.6 Å². The molecule has 4 heteroatoms. The number of rotatable bonds is 8. The maximum Gasteiger partial charge on any atom is 0.191 e. The van der Waals surface area contributed by atoms with Crippen LogP contribution in [0.4, 0.5) is 0 Å². The molecule has 0 aromatic rings. The van der Waals surface area contributed by atoms with Gasteiger partial charge in [0.05, 0.1) is 0 Å². The molecule has 0 bridgehead atoms. The Morgan fingerprint density at radius 1 is 1.10 bits per heavy atom. The number of guanidine groups is 1. The predicted octanol–water partition coefficient (Wildman–Crippen LogP) is 2.61. The van der Waals surface area contributed by atoms with E-state index in [4.69, 9.17) is 4.99 Å². The lowest BCUT2D eigenvalue weighted by molar-refractivity contribution is 0.139. The van der Waals surface area contributed by atoms with Gasteiger partial charge in [-0.1, -0.05) is 13.3 Å². The van der Waals surface area contributed by atoms with Crippen LogP contribution < -0.4 is 10.6 Å². The number of nitrogens with one attached hydrogen (secondary N) is 2. The summed E-state index contributed by atoms with van der Waals surface area (Å²) in [5.41, 5.74) is 0.512. The fourth-order valence-electron chi connectivity index (χ4n) is 3.40. The fourth-order valence-corrected chi connectivity index (χ4v) is 3.40. The first-order valence-electron chi connectivity index (χ1n) is 9.02. The average Bonchev–Trinajstić information content (AvgIpc) is 2.96. The fraction of sp³-hybridized carbons (Fsp3) is 0.941. The Morgan fingerprint density at radius 3 is 2.43 bits per heavy atom. The van der Waals surface area contributed by atoms with Gasteiger partial charge in [-0.05, 0) is 70.5 Å². The molecule has 0 radical (unpaired) electrons. The number of nitrogens with zero attached hydrogens (tertiary/aromatic N) is 2. The standard InChI is InChI=1S/C17H34N4/c1-3-17(9-7-10-17)15-20-16(18-4-2)19-11-8-14-21-12-5-6-13-21/h3-15H2,1-2H3,(H2,18,19,20). The summed E-state index contributed by atoms with van der Waals surface area (Å²) in [4.78, 5) is 7.40. The Hall–Kier alpha value is -0.770. The smallest absolute Gasteiger partial charge is 0.191 e. The molecule has 2 N–H and O–H groups in total. The number of aliphatic imine (C=N–C) groups is 1. The highest BCUT2D eigenvalue weighted by atomic mass is 15.2. The van der Waals surface area contributed by atoms with E-state index in [9.17, 15) is 0 Å². The van der Waals surface area contributed by atoms with Crippen molar-refractivity contribution >= 4 is 5.96 Å². The van der Waals surface area contributed by atoms with Crippen molar-refractivity contribution in [3.8, 4) is 0 Å². The molecule has 1 aliphatic carbocycles. The minimum Gasteiger partial charge on any atom is -0.357 e. The van der Waals surface area contributed by atoms with Crippen LogP contribution in [0.1, 0.15) is 58.8 Å². The molecule has 1 saturated carbocycles. The van der Waals surface area contributed by atoms with Crippen molar-refractivity contribution in [3.05, 3.63) is 0 Å². The second kappa shape index (κ2) is 8.62. The van der Waals surface area contributed by atoms with Crippen LogP contribution in [0, 0.1) is 5.41 Å². The number of hydrogen-bond donors (Lipinski definition) is 2. The molecule has 2 rings (SSSR count). The topological polar surface area (TPSA) is 39.7 Å². The quantitative estimate of drug-likeness (QED) is 0.411. The van der Waals surface area contributed by atoms with E-state index in [2.05, 4.69) is 29.4 Å². The van der Waals surface area contributed by atoms with Crippen LogP contribution >= 0.6 is 0 Å². The van der Waals surface area contributed by atoms with Crippen LogP contribution in [0.15, 0.2) is 4.99 Å². The van der Waals surface area contributed by atoms with Gasteiger partial charge in [0.1, 0.15) is 0 Å². The van der Waals surface area contributed by atoms with Crippen molar-refractivity contribution in [2.45, 2.75) is 58.8 Å². The largest absolute Gasteiger partial charge is 0.357 e. The Bertz CT molecular complexity index is 311. The van der Waals surface area contributed by atoms with E-state index in [0.29, 0.717) is 5.41 Å². The zero-order chi connectivity index (χ0) is 15.0. The van der Waals surface area contributed by atoms with E-state index in [1.54, 1.807) is 0 Å². The minimum atomic E-state index is 0.512. The molecular formula is C17H34N4. The highest BCUT2D eigenvalue weighted by molar-refractivity contribution is 5.79. The van der Waals surface area contributed by atoms with Gasteiger partial charge < -0.3 is 15.5 Å². The monoisotopic (exact) mass is 294 g/mol. The Morgan fingerprint density at radius 2 is 1.86 bits per heavy atom. The van der Waals surface area contributed by atoms with Gasteiger partial charge in [-0.2, -0.15) is 0 Å². The molecule has 122 valence electrons. The lowest BCUT2D eigenvalue weighted by atomic mass is 9.67. The molecule has 2 aliphatic rings. The zero-order valence-corrected chi connectivity index (χ0v) is 14.1. The van der Waals surface area contributed by atoms with Crippen LogP contribution in [-0.4, -0.2) is 50.1 Å². The molecule has 0 aromatic carbocycles. The van der Waals surface area contributed by atoms with Crippen LogP contribution in [0.2, 0.25) is 0 Å². The maximum atomic E-state index is 4.83. The molecule has 1 saturated heterocycles. The normalized spacial score (nSPS) is 22.1. The Kier molecular flexibility index (Phi) is 6.81. The maximum absolute atomic E-state index is 4.83. The van der Waals surface area contributed by atoms with Gasteiger partial charge >= 0.3 is 0 Å². The van der Waals surface area contributed by atoms with Crippen molar-refractivity contribution in [2.75, 3.05) is 39.3 Å². The van der Waals surface area contributed by atoms with Gasteiger partial charge in [0.25, 0.3) is 0 Å². The summed E-state index contributed by atoms with van der Waals surface area (Å²) in [6.07, 6.45) is 9.37. The van der Waals surface area contributed by atoms with E-state index in [-0.39, 0.29) is 0 Å². The molecule has 0 aromatic heterocycles. The lowest BCUT2D eigenvalue weighted by Gasteiger charge is -2.40. The summed E-state index contributed by atoms with van der Waals surface area (Å²) in [7, 11) is 0. The minimum absolute atomic E-state index is 0.512. The molecule has 21 heavy (non-hydrogen) atoms. The molecular weight excluding hydrogens is 260 g/mol. The second-order valence-electron chi connectivity index (χ2n) is 6.73. The van der Waals surface area contributed by atoms with E-state index in [0.717, 1.165) is 25.6 Å². The third kappa shape index (κ3) is 5.17. The molecule has 0 spiro atoms. The first-order chi connectivity index (χ1) is 10.3. The third-order valence-corrected chi connectivity index (χ3v) is 5.22. The highest BCUT2D eigenvalue weighted by Crippen LogP contribution is 2.43. The Labute approximate surface area is 130 Å². The van der Waals surface area contributed by atoms with Crippen LogP contribution in [-0.2, 0) is 0 Å². The first-order valence-corrected chi connectivity index (χ1v) is 9.02. The molecule has 0 atom stereocenters. The van der Waals surface area contributed by atoms with Crippen LogP contribution in [0.3, 0.4) is 0 Å². The van der Waals surface area contributed by atoms with Gasteiger partial charge in [-0.25, -0.2) is 0 Å². The second-order valence-corrected chi connectivity index (χ2v) is 6.73. The van der Waals surface area contributed by atoms with E-state index in [1.807, 2.05) is 0 Å². The van der Waals surface area contributed by atoms with E-state index < -0.39 is 0 Å². The zero-order valence-electron chi connectivity index (χ0n) is 14.1. The molecule has 1 aliphatic heterocycles. The van der Waals surface area contributed by atoms with Gasteiger partial charge in [0.2, 0.25) is 0 Å². The number of hydrogen-bond acceptors (Lipinski definition) is 2. The average molecular weight is 294 g/mol. The summed E-state index contributed by atoms with van der Waals surface area (Å²) in [5.74, 6) is 1.01.